The smallest absolute Gasteiger partial charge is 0.194 e. The van der Waals surface area contributed by atoms with Crippen molar-refractivity contribution >= 4 is 17.4 Å². The van der Waals surface area contributed by atoms with Gasteiger partial charge in [-0.05, 0) is 42.5 Å². The van der Waals surface area contributed by atoms with E-state index in [0.717, 1.165) is 12.0 Å². The number of rotatable bonds is 4. The van der Waals surface area contributed by atoms with Crippen molar-refractivity contribution in [3.63, 3.8) is 0 Å². The fraction of sp³-hybridized carbons (Fsp3) is 0.278. The quantitative estimate of drug-likeness (QED) is 0.688. The summed E-state index contributed by atoms with van der Waals surface area (Å²) in [6, 6.07) is 13.4. The molecule has 0 radical (unpaired) electrons. The molecule has 0 aliphatic rings. The van der Waals surface area contributed by atoms with Gasteiger partial charge >= 0.3 is 0 Å². The third-order valence-electron chi connectivity index (χ3n) is 3.72. The number of ketones is 1. The molecule has 0 N–H and O–H groups in total. The van der Waals surface area contributed by atoms with Gasteiger partial charge in [0.05, 0.1) is 5.02 Å². The summed E-state index contributed by atoms with van der Waals surface area (Å²) in [6.07, 6.45) is 1.09. The summed E-state index contributed by atoms with van der Waals surface area (Å²) in [7, 11) is 0. The SMILES string of the molecule is CCC(C)c1ccc(C(=O)c2ccc(C)cc2Cl)cc1. The predicted octanol–water partition coefficient (Wildman–Crippen LogP) is 5.39. The van der Waals surface area contributed by atoms with Crippen LogP contribution in [-0.2, 0) is 0 Å². The molecule has 2 aromatic carbocycles. The first kappa shape index (κ1) is 14.8. The van der Waals surface area contributed by atoms with Crippen LogP contribution in [0.15, 0.2) is 42.5 Å². The summed E-state index contributed by atoms with van der Waals surface area (Å²) >= 11 is 6.16. The number of carbonyl (C=O) groups is 1. The zero-order chi connectivity index (χ0) is 14.7. The minimum absolute atomic E-state index is 0.0225. The summed E-state index contributed by atoms with van der Waals surface area (Å²) in [4.78, 5) is 12.4. The number of hydrogen-bond acceptors (Lipinski definition) is 1. The average Bonchev–Trinajstić information content (AvgIpc) is 2.46. The first-order valence-corrected chi connectivity index (χ1v) is 7.31. The minimum atomic E-state index is -0.0225. The molecule has 2 rings (SSSR count). The minimum Gasteiger partial charge on any atom is -0.289 e. The van der Waals surface area contributed by atoms with Crippen LogP contribution in [0.4, 0.5) is 0 Å². The van der Waals surface area contributed by atoms with Gasteiger partial charge in [0, 0.05) is 11.1 Å². The summed E-state index contributed by atoms with van der Waals surface area (Å²) in [5, 5.41) is 0.515. The molecular formula is C18H19ClO. The molecule has 104 valence electrons. The standard InChI is InChI=1S/C18H19ClO/c1-4-13(3)14-6-8-15(9-7-14)18(20)16-10-5-12(2)11-17(16)19/h5-11,13H,4H2,1-3H3. The normalized spacial score (nSPS) is 12.2. The summed E-state index contributed by atoms with van der Waals surface area (Å²) in [5.74, 6) is 0.493. The fourth-order valence-electron chi connectivity index (χ4n) is 2.16. The van der Waals surface area contributed by atoms with Gasteiger partial charge in [0.1, 0.15) is 0 Å². The maximum Gasteiger partial charge on any atom is 0.194 e. The Morgan fingerprint density at radius 1 is 1.15 bits per heavy atom. The third kappa shape index (κ3) is 3.10. The Bertz CT molecular complexity index is 614. The monoisotopic (exact) mass is 286 g/mol. The van der Waals surface area contributed by atoms with Gasteiger partial charge < -0.3 is 0 Å². The number of carbonyl (C=O) groups excluding carboxylic acids is 1. The molecule has 0 bridgehead atoms. The van der Waals surface area contributed by atoms with Crippen LogP contribution in [0.25, 0.3) is 0 Å². The molecule has 2 heteroatoms. The van der Waals surface area contributed by atoms with Crippen LogP contribution in [0.3, 0.4) is 0 Å². The van der Waals surface area contributed by atoms with Crippen LogP contribution in [0.5, 0.6) is 0 Å². The van der Waals surface area contributed by atoms with E-state index in [-0.39, 0.29) is 5.78 Å². The van der Waals surface area contributed by atoms with Crippen LogP contribution in [0.2, 0.25) is 5.02 Å². The van der Waals surface area contributed by atoms with E-state index in [9.17, 15) is 4.79 Å². The van der Waals surface area contributed by atoms with Crippen molar-refractivity contribution in [1.29, 1.82) is 0 Å². The van der Waals surface area contributed by atoms with Crippen molar-refractivity contribution < 1.29 is 4.79 Å². The number of benzene rings is 2. The molecule has 0 saturated carbocycles. The Kier molecular flexibility index (Phi) is 4.61. The van der Waals surface area contributed by atoms with Gasteiger partial charge in [0.25, 0.3) is 0 Å². The molecule has 1 unspecified atom stereocenters. The lowest BCUT2D eigenvalue weighted by Gasteiger charge is -2.10. The first-order valence-electron chi connectivity index (χ1n) is 6.93. The fourth-order valence-corrected chi connectivity index (χ4v) is 2.48. The van der Waals surface area contributed by atoms with E-state index in [1.54, 1.807) is 6.07 Å². The second-order valence-electron chi connectivity index (χ2n) is 5.24. The van der Waals surface area contributed by atoms with Crippen LogP contribution in [0.1, 0.15) is 53.2 Å². The molecule has 0 spiro atoms. The molecule has 0 aliphatic carbocycles. The van der Waals surface area contributed by atoms with E-state index in [4.69, 9.17) is 11.6 Å². The lowest BCUT2D eigenvalue weighted by Crippen LogP contribution is -2.03. The average molecular weight is 287 g/mol. The largest absolute Gasteiger partial charge is 0.289 e. The molecule has 20 heavy (non-hydrogen) atoms. The Morgan fingerprint density at radius 3 is 2.35 bits per heavy atom. The van der Waals surface area contributed by atoms with E-state index in [1.165, 1.54) is 5.56 Å². The van der Waals surface area contributed by atoms with Crippen LogP contribution < -0.4 is 0 Å². The molecule has 0 fully saturated rings. The highest BCUT2D eigenvalue weighted by atomic mass is 35.5. The van der Waals surface area contributed by atoms with E-state index >= 15 is 0 Å². The molecular weight excluding hydrogens is 268 g/mol. The Labute approximate surface area is 125 Å². The van der Waals surface area contributed by atoms with Gasteiger partial charge in [-0.25, -0.2) is 0 Å². The number of hydrogen-bond donors (Lipinski definition) is 0. The van der Waals surface area contributed by atoms with Crippen LogP contribution in [-0.4, -0.2) is 5.78 Å². The third-order valence-corrected chi connectivity index (χ3v) is 4.04. The second-order valence-corrected chi connectivity index (χ2v) is 5.65. The molecule has 1 nitrogen and oxygen atoms in total. The molecule has 0 amide bonds. The maximum absolute atomic E-state index is 12.4. The Morgan fingerprint density at radius 2 is 1.80 bits per heavy atom. The number of aryl methyl sites for hydroxylation is 1. The highest BCUT2D eigenvalue weighted by Gasteiger charge is 2.13. The zero-order valence-corrected chi connectivity index (χ0v) is 12.9. The maximum atomic E-state index is 12.4. The van der Waals surface area contributed by atoms with Crippen molar-refractivity contribution in [2.75, 3.05) is 0 Å². The van der Waals surface area contributed by atoms with Crippen molar-refractivity contribution in [3.05, 3.63) is 69.7 Å². The topological polar surface area (TPSA) is 17.1 Å². The molecule has 0 aliphatic heterocycles. The van der Waals surface area contributed by atoms with Gasteiger partial charge in [-0.15, -0.1) is 0 Å². The van der Waals surface area contributed by atoms with E-state index < -0.39 is 0 Å². The lowest BCUT2D eigenvalue weighted by molar-refractivity contribution is 0.103. The molecule has 0 saturated heterocycles. The van der Waals surface area contributed by atoms with E-state index in [2.05, 4.69) is 13.8 Å². The molecule has 2 aromatic rings. The van der Waals surface area contributed by atoms with Gasteiger partial charge in [-0.1, -0.05) is 55.8 Å². The molecule has 0 heterocycles. The molecule has 1 atom stereocenters. The predicted molar refractivity (Wildman–Crippen MR) is 84.8 cm³/mol. The zero-order valence-electron chi connectivity index (χ0n) is 12.1. The van der Waals surface area contributed by atoms with Crippen LogP contribution in [0, 0.1) is 6.92 Å². The second kappa shape index (κ2) is 6.23. The van der Waals surface area contributed by atoms with Gasteiger partial charge in [-0.2, -0.15) is 0 Å². The van der Waals surface area contributed by atoms with Crippen molar-refractivity contribution in [2.45, 2.75) is 33.1 Å². The van der Waals surface area contributed by atoms with E-state index in [1.807, 2.05) is 43.3 Å². The van der Waals surface area contributed by atoms with Crippen LogP contribution >= 0.6 is 11.6 Å². The molecule has 0 aromatic heterocycles. The highest BCUT2D eigenvalue weighted by molar-refractivity contribution is 6.35. The van der Waals surface area contributed by atoms with Gasteiger partial charge in [0.2, 0.25) is 0 Å². The number of halogens is 1. The summed E-state index contributed by atoms with van der Waals surface area (Å²) < 4.78 is 0. The highest BCUT2D eigenvalue weighted by Crippen LogP contribution is 2.23. The van der Waals surface area contributed by atoms with Gasteiger partial charge in [0.15, 0.2) is 5.78 Å². The summed E-state index contributed by atoms with van der Waals surface area (Å²) in [6.45, 7) is 6.31. The van der Waals surface area contributed by atoms with Gasteiger partial charge in [-0.3, -0.25) is 4.79 Å². The Balaban J connectivity index is 2.29. The van der Waals surface area contributed by atoms with Crippen molar-refractivity contribution in [1.82, 2.24) is 0 Å². The lowest BCUT2D eigenvalue weighted by atomic mass is 9.95. The summed E-state index contributed by atoms with van der Waals surface area (Å²) in [5.41, 5.74) is 3.56. The van der Waals surface area contributed by atoms with Crippen molar-refractivity contribution in [3.8, 4) is 0 Å². The van der Waals surface area contributed by atoms with Crippen molar-refractivity contribution in [2.24, 2.45) is 0 Å². The first-order chi connectivity index (χ1) is 9.52. The van der Waals surface area contributed by atoms with E-state index in [0.29, 0.717) is 22.1 Å². The Hall–Kier alpha value is -1.60.